The van der Waals surface area contributed by atoms with Crippen LogP contribution in [0.25, 0.3) is 0 Å². The first-order valence-electron chi connectivity index (χ1n) is 8.58. The molecule has 1 aromatic carbocycles. The summed E-state index contributed by atoms with van der Waals surface area (Å²) in [5.41, 5.74) is 3.10. The van der Waals surface area contributed by atoms with Gasteiger partial charge >= 0.3 is 0 Å². The number of benzene rings is 1. The number of hydrogen-bond acceptors (Lipinski definition) is 4. The maximum Gasteiger partial charge on any atom is 0.272 e. The molecular weight excluding hydrogens is 318 g/mol. The normalized spacial score (nSPS) is 20.2. The molecule has 3 rings (SSSR count). The minimum absolute atomic E-state index is 0.0649. The summed E-state index contributed by atoms with van der Waals surface area (Å²) in [6.45, 7) is 7.81. The van der Waals surface area contributed by atoms with Gasteiger partial charge in [-0.3, -0.25) is 9.89 Å². The lowest BCUT2D eigenvalue weighted by Gasteiger charge is -2.25. The summed E-state index contributed by atoms with van der Waals surface area (Å²) in [6, 6.07) is 7.58. The van der Waals surface area contributed by atoms with Crippen LogP contribution < -0.4 is 5.32 Å². The predicted octanol–water partition coefficient (Wildman–Crippen LogP) is 2.59. The van der Waals surface area contributed by atoms with Crippen molar-refractivity contribution in [1.29, 1.82) is 0 Å². The monoisotopic (exact) mass is 343 g/mol. The lowest BCUT2D eigenvalue weighted by Crippen LogP contribution is -2.27. The largest absolute Gasteiger partial charge is 0.386 e. The van der Waals surface area contributed by atoms with E-state index in [2.05, 4.69) is 15.5 Å². The number of fused-ring (bicyclic) bond motifs is 1. The number of nitrogens with one attached hydrogen (secondary N) is 2. The molecule has 0 aliphatic carbocycles. The van der Waals surface area contributed by atoms with Crippen molar-refractivity contribution in [2.75, 3.05) is 0 Å². The average molecular weight is 343 g/mol. The van der Waals surface area contributed by atoms with E-state index in [1.54, 1.807) is 13.8 Å². The molecule has 25 heavy (non-hydrogen) atoms. The SMILES string of the molecule is C[C@@H]1Cc2c(C(=O)NCc3cccc(C(C)(C)O)c3)n[nH]c2[C@H](C)O1. The zero-order chi connectivity index (χ0) is 18.2. The number of carbonyl (C=O) groups excluding carboxylic acids is 1. The fourth-order valence-electron chi connectivity index (χ4n) is 3.19. The number of carbonyl (C=O) groups is 1. The fourth-order valence-corrected chi connectivity index (χ4v) is 3.19. The molecule has 0 bridgehead atoms. The van der Waals surface area contributed by atoms with Crippen LogP contribution in [0, 0.1) is 0 Å². The number of nitrogens with zero attached hydrogens (tertiary/aromatic N) is 1. The van der Waals surface area contributed by atoms with Gasteiger partial charge in [0.2, 0.25) is 0 Å². The van der Waals surface area contributed by atoms with Gasteiger partial charge in [0.15, 0.2) is 5.69 Å². The Kier molecular flexibility index (Phi) is 4.67. The van der Waals surface area contributed by atoms with Crippen molar-refractivity contribution in [3.63, 3.8) is 0 Å². The van der Waals surface area contributed by atoms with Crippen molar-refractivity contribution >= 4 is 5.91 Å². The van der Waals surface area contributed by atoms with Gasteiger partial charge in [0.05, 0.1) is 23.5 Å². The quantitative estimate of drug-likeness (QED) is 0.796. The number of ether oxygens (including phenoxy) is 1. The maximum absolute atomic E-state index is 12.6. The van der Waals surface area contributed by atoms with Gasteiger partial charge in [0.1, 0.15) is 0 Å². The van der Waals surface area contributed by atoms with E-state index in [-0.39, 0.29) is 18.1 Å². The smallest absolute Gasteiger partial charge is 0.272 e. The molecule has 0 saturated carbocycles. The Hall–Kier alpha value is -2.18. The number of aromatic amines is 1. The molecule has 6 nitrogen and oxygen atoms in total. The zero-order valence-electron chi connectivity index (χ0n) is 15.1. The van der Waals surface area contributed by atoms with Gasteiger partial charge in [0.25, 0.3) is 5.91 Å². The van der Waals surface area contributed by atoms with Gasteiger partial charge in [-0.25, -0.2) is 0 Å². The molecular formula is C19H25N3O3. The molecule has 1 aromatic heterocycles. The van der Waals surface area contributed by atoms with Crippen molar-refractivity contribution in [3.05, 3.63) is 52.3 Å². The Bertz CT molecular complexity index is 776. The van der Waals surface area contributed by atoms with Crippen molar-refractivity contribution in [1.82, 2.24) is 15.5 Å². The van der Waals surface area contributed by atoms with Gasteiger partial charge < -0.3 is 15.2 Å². The van der Waals surface area contributed by atoms with Crippen LogP contribution in [0.2, 0.25) is 0 Å². The highest BCUT2D eigenvalue weighted by Crippen LogP contribution is 2.30. The number of aromatic nitrogens is 2. The Labute approximate surface area is 147 Å². The molecule has 0 radical (unpaired) electrons. The number of hydrogen-bond donors (Lipinski definition) is 3. The fraction of sp³-hybridized carbons (Fsp3) is 0.474. The van der Waals surface area contributed by atoms with E-state index in [4.69, 9.17) is 4.74 Å². The van der Waals surface area contributed by atoms with E-state index in [9.17, 15) is 9.90 Å². The Morgan fingerprint density at radius 1 is 1.44 bits per heavy atom. The maximum atomic E-state index is 12.6. The summed E-state index contributed by atoms with van der Waals surface area (Å²) in [5, 5.41) is 20.2. The van der Waals surface area contributed by atoms with Crippen LogP contribution in [-0.2, 0) is 23.3 Å². The number of H-pyrrole nitrogens is 1. The van der Waals surface area contributed by atoms with Gasteiger partial charge in [-0.15, -0.1) is 0 Å². The predicted molar refractivity (Wildman–Crippen MR) is 94.1 cm³/mol. The number of amides is 1. The molecule has 1 amide bonds. The van der Waals surface area contributed by atoms with Crippen LogP contribution in [0.1, 0.15) is 66.7 Å². The molecule has 2 aromatic rings. The van der Waals surface area contributed by atoms with Gasteiger partial charge in [-0.1, -0.05) is 24.3 Å². The summed E-state index contributed by atoms with van der Waals surface area (Å²) in [4.78, 5) is 12.6. The highest BCUT2D eigenvalue weighted by Gasteiger charge is 2.29. The highest BCUT2D eigenvalue weighted by atomic mass is 16.5. The molecule has 2 heterocycles. The van der Waals surface area contributed by atoms with Gasteiger partial charge in [-0.05, 0) is 38.8 Å². The second-order valence-corrected chi connectivity index (χ2v) is 7.20. The van der Waals surface area contributed by atoms with E-state index in [1.807, 2.05) is 38.1 Å². The molecule has 0 unspecified atom stereocenters. The number of aliphatic hydroxyl groups is 1. The van der Waals surface area contributed by atoms with E-state index in [1.165, 1.54) is 0 Å². The van der Waals surface area contributed by atoms with Crippen LogP contribution in [0.5, 0.6) is 0 Å². The van der Waals surface area contributed by atoms with E-state index in [0.29, 0.717) is 18.7 Å². The average Bonchev–Trinajstić information content (AvgIpc) is 2.96. The third kappa shape index (κ3) is 3.75. The molecule has 1 aliphatic rings. The van der Waals surface area contributed by atoms with Crippen molar-refractivity contribution in [2.45, 2.75) is 58.5 Å². The Morgan fingerprint density at radius 2 is 2.20 bits per heavy atom. The molecule has 1 aliphatic heterocycles. The molecule has 6 heteroatoms. The van der Waals surface area contributed by atoms with Crippen molar-refractivity contribution < 1.29 is 14.6 Å². The Balaban J connectivity index is 1.72. The summed E-state index contributed by atoms with van der Waals surface area (Å²) < 4.78 is 5.75. The highest BCUT2D eigenvalue weighted by molar-refractivity contribution is 5.94. The van der Waals surface area contributed by atoms with Gasteiger partial charge in [0, 0.05) is 18.5 Å². The lowest BCUT2D eigenvalue weighted by atomic mass is 9.96. The standard InChI is InChI=1S/C19H25N3O3/c1-11-8-15-16(12(2)25-11)21-22-17(15)18(23)20-10-13-6-5-7-14(9-13)19(3,4)24/h5-7,9,11-12,24H,8,10H2,1-4H3,(H,20,23)(H,21,22)/t11-,12+/m1/s1. The zero-order valence-corrected chi connectivity index (χ0v) is 15.1. The molecule has 0 spiro atoms. The number of rotatable bonds is 4. The van der Waals surface area contributed by atoms with Crippen LogP contribution in [-0.4, -0.2) is 27.3 Å². The van der Waals surface area contributed by atoms with E-state index in [0.717, 1.165) is 22.4 Å². The van der Waals surface area contributed by atoms with E-state index >= 15 is 0 Å². The molecule has 2 atom stereocenters. The van der Waals surface area contributed by atoms with Crippen LogP contribution >= 0.6 is 0 Å². The topological polar surface area (TPSA) is 87.2 Å². The lowest BCUT2D eigenvalue weighted by molar-refractivity contribution is -0.00697. The van der Waals surface area contributed by atoms with Crippen molar-refractivity contribution in [3.8, 4) is 0 Å². The molecule has 3 N–H and O–H groups in total. The molecule has 0 fully saturated rings. The van der Waals surface area contributed by atoms with Crippen LogP contribution in [0.3, 0.4) is 0 Å². The van der Waals surface area contributed by atoms with Crippen LogP contribution in [0.15, 0.2) is 24.3 Å². The second-order valence-electron chi connectivity index (χ2n) is 7.20. The van der Waals surface area contributed by atoms with E-state index < -0.39 is 5.60 Å². The third-order valence-electron chi connectivity index (χ3n) is 4.54. The minimum Gasteiger partial charge on any atom is -0.386 e. The van der Waals surface area contributed by atoms with Crippen LogP contribution in [0.4, 0.5) is 0 Å². The third-order valence-corrected chi connectivity index (χ3v) is 4.54. The minimum atomic E-state index is -0.909. The summed E-state index contributed by atoms with van der Waals surface area (Å²) in [5.74, 6) is -0.201. The molecule has 0 saturated heterocycles. The first-order valence-corrected chi connectivity index (χ1v) is 8.58. The van der Waals surface area contributed by atoms with Gasteiger partial charge in [-0.2, -0.15) is 5.10 Å². The second kappa shape index (κ2) is 6.61. The first kappa shape index (κ1) is 17.6. The summed E-state index contributed by atoms with van der Waals surface area (Å²) in [6.07, 6.45) is 0.652. The Morgan fingerprint density at radius 3 is 2.92 bits per heavy atom. The first-order chi connectivity index (χ1) is 11.8. The molecule has 134 valence electrons. The summed E-state index contributed by atoms with van der Waals surface area (Å²) >= 11 is 0. The summed E-state index contributed by atoms with van der Waals surface area (Å²) in [7, 11) is 0. The van der Waals surface area contributed by atoms with Crippen molar-refractivity contribution in [2.24, 2.45) is 0 Å².